The molecule has 19 heavy (non-hydrogen) atoms. The molecule has 0 aromatic carbocycles. The number of ether oxygens (including phenoxy) is 2. The summed E-state index contributed by atoms with van der Waals surface area (Å²) in [4.78, 5) is 6.01. The van der Waals surface area contributed by atoms with Gasteiger partial charge in [0.1, 0.15) is 29.8 Å². The van der Waals surface area contributed by atoms with E-state index in [9.17, 15) is 19.0 Å². The number of hydrogen-bond donors (Lipinski definition) is 2. The van der Waals surface area contributed by atoms with E-state index in [0.29, 0.717) is 5.17 Å². The van der Waals surface area contributed by atoms with Gasteiger partial charge in [-0.2, -0.15) is 8.78 Å². The Labute approximate surface area is 113 Å². The van der Waals surface area contributed by atoms with Crippen LogP contribution in [0.2, 0.25) is 0 Å². The topological polar surface area (TPSA) is 74.5 Å². The number of aliphatic hydroxyl groups excluding tert-OH is 2. The van der Waals surface area contributed by atoms with E-state index < -0.39 is 43.0 Å². The fourth-order valence-corrected chi connectivity index (χ4v) is 3.10. The molecule has 0 amide bonds. The number of halogens is 2. The van der Waals surface area contributed by atoms with E-state index in [4.69, 9.17) is 4.74 Å². The van der Waals surface area contributed by atoms with Crippen LogP contribution in [0.15, 0.2) is 4.99 Å². The van der Waals surface area contributed by atoms with Crippen molar-refractivity contribution in [2.24, 2.45) is 4.99 Å². The number of aliphatic hydroxyl groups is 2. The van der Waals surface area contributed by atoms with E-state index in [1.54, 1.807) is 19.0 Å². The smallest absolute Gasteiger partial charge is 0.345 e. The maximum absolute atomic E-state index is 12.0. The van der Waals surface area contributed by atoms with Gasteiger partial charge in [0.05, 0.1) is 6.61 Å². The lowest BCUT2D eigenvalue weighted by molar-refractivity contribution is -0.206. The number of amidine groups is 1. The molecule has 0 unspecified atom stereocenters. The van der Waals surface area contributed by atoms with Gasteiger partial charge in [0.2, 0.25) is 0 Å². The standard InChI is InChI=1S/C10H16F2N2O4S/c1-14(2)10-13-5-7(16)6(15)4(3-17-9(11)12)18-8(5)19-10/h4-9,15-16H,3H2,1-2H3/t4-,5-,6-,7-,8-/m1/s1. The summed E-state index contributed by atoms with van der Waals surface area (Å²) < 4.78 is 33.6. The van der Waals surface area contributed by atoms with Crippen LogP contribution in [-0.4, -0.2) is 77.4 Å². The zero-order chi connectivity index (χ0) is 14.2. The molecule has 0 radical (unpaired) electrons. The minimum Gasteiger partial charge on any atom is -0.388 e. The van der Waals surface area contributed by atoms with E-state index in [0.717, 1.165) is 0 Å². The van der Waals surface area contributed by atoms with Crippen LogP contribution in [0.25, 0.3) is 0 Å². The number of thioether (sulfide) groups is 1. The predicted molar refractivity (Wildman–Crippen MR) is 65.1 cm³/mol. The van der Waals surface area contributed by atoms with Gasteiger partial charge >= 0.3 is 6.61 Å². The summed E-state index contributed by atoms with van der Waals surface area (Å²) in [5.74, 6) is 0. The molecule has 2 aliphatic heterocycles. The fraction of sp³-hybridized carbons (Fsp3) is 0.900. The summed E-state index contributed by atoms with van der Waals surface area (Å²) in [6, 6.07) is -0.597. The van der Waals surface area contributed by atoms with Crippen molar-refractivity contribution in [3.8, 4) is 0 Å². The third-order valence-corrected chi connectivity index (χ3v) is 4.22. The number of alkyl halides is 2. The molecule has 0 saturated carbocycles. The normalized spacial score (nSPS) is 38.3. The highest BCUT2D eigenvalue weighted by Gasteiger charge is 2.48. The highest BCUT2D eigenvalue weighted by molar-refractivity contribution is 8.14. The second-order valence-corrected chi connectivity index (χ2v) is 5.60. The lowest BCUT2D eigenvalue weighted by Crippen LogP contribution is -2.56. The van der Waals surface area contributed by atoms with Crippen molar-refractivity contribution in [3.63, 3.8) is 0 Å². The zero-order valence-electron chi connectivity index (χ0n) is 10.4. The van der Waals surface area contributed by atoms with Gasteiger partial charge in [-0.1, -0.05) is 11.8 Å². The summed E-state index contributed by atoms with van der Waals surface area (Å²) in [5, 5.41) is 20.5. The molecule has 2 rings (SSSR count). The first-order chi connectivity index (χ1) is 8.90. The number of nitrogens with zero attached hydrogens (tertiary/aromatic N) is 2. The lowest BCUT2D eigenvalue weighted by Gasteiger charge is -2.37. The van der Waals surface area contributed by atoms with Crippen LogP contribution < -0.4 is 0 Å². The Bertz CT molecular complexity index is 358. The van der Waals surface area contributed by atoms with Crippen LogP contribution in [0.3, 0.4) is 0 Å². The second-order valence-electron chi connectivity index (χ2n) is 4.53. The second kappa shape index (κ2) is 5.88. The van der Waals surface area contributed by atoms with Gasteiger partial charge in [0.25, 0.3) is 0 Å². The summed E-state index contributed by atoms with van der Waals surface area (Å²) in [6.07, 6.45) is -3.45. The largest absolute Gasteiger partial charge is 0.388 e. The molecular weight excluding hydrogens is 282 g/mol. The molecule has 2 heterocycles. The fourth-order valence-electron chi connectivity index (χ4n) is 1.94. The average Bonchev–Trinajstić information content (AvgIpc) is 2.76. The Morgan fingerprint density at radius 2 is 2.11 bits per heavy atom. The average molecular weight is 298 g/mol. The van der Waals surface area contributed by atoms with Crippen LogP contribution in [0.4, 0.5) is 8.78 Å². The van der Waals surface area contributed by atoms with E-state index in [2.05, 4.69) is 9.73 Å². The van der Waals surface area contributed by atoms with Crippen molar-refractivity contribution in [3.05, 3.63) is 0 Å². The predicted octanol–water partition coefficient (Wildman–Crippen LogP) is -0.295. The van der Waals surface area contributed by atoms with E-state index in [1.165, 1.54) is 11.8 Å². The van der Waals surface area contributed by atoms with Crippen LogP contribution in [0.5, 0.6) is 0 Å². The Hall–Kier alpha value is -0.480. The van der Waals surface area contributed by atoms with Gasteiger partial charge in [-0.15, -0.1) is 0 Å². The molecule has 0 aromatic rings. The lowest BCUT2D eigenvalue weighted by atomic mass is 9.99. The van der Waals surface area contributed by atoms with E-state index >= 15 is 0 Å². The maximum Gasteiger partial charge on any atom is 0.345 e. The Morgan fingerprint density at radius 3 is 2.68 bits per heavy atom. The highest BCUT2D eigenvalue weighted by Crippen LogP contribution is 2.37. The monoisotopic (exact) mass is 298 g/mol. The molecular formula is C10H16F2N2O4S. The van der Waals surface area contributed by atoms with Gasteiger partial charge in [-0.05, 0) is 0 Å². The summed E-state index contributed by atoms with van der Waals surface area (Å²) >= 11 is 1.29. The summed E-state index contributed by atoms with van der Waals surface area (Å²) in [5.41, 5.74) is -0.498. The molecule has 1 fully saturated rings. The molecule has 6 nitrogen and oxygen atoms in total. The molecule has 110 valence electrons. The summed E-state index contributed by atoms with van der Waals surface area (Å²) in [7, 11) is 3.59. The van der Waals surface area contributed by atoms with Gasteiger partial charge in [0.15, 0.2) is 5.17 Å². The van der Waals surface area contributed by atoms with Crippen molar-refractivity contribution in [2.75, 3.05) is 20.7 Å². The number of aliphatic imine (C=N–C) groups is 1. The van der Waals surface area contributed by atoms with E-state index in [-0.39, 0.29) is 0 Å². The molecule has 9 heteroatoms. The molecule has 0 spiro atoms. The maximum atomic E-state index is 12.0. The first kappa shape index (κ1) is 14.9. The zero-order valence-corrected chi connectivity index (χ0v) is 11.3. The van der Waals surface area contributed by atoms with Gasteiger partial charge < -0.3 is 24.6 Å². The number of fused-ring (bicyclic) bond motifs is 1. The van der Waals surface area contributed by atoms with Crippen molar-refractivity contribution < 1.29 is 28.5 Å². The molecule has 1 saturated heterocycles. The SMILES string of the molecule is CN(C)C1=N[C@@H]2[C@@H](O)[C@H](O)[C@@H](COC(F)F)O[C@@H]2S1. The molecule has 0 aliphatic carbocycles. The Morgan fingerprint density at radius 1 is 1.42 bits per heavy atom. The van der Waals surface area contributed by atoms with Crippen molar-refractivity contribution in [1.29, 1.82) is 0 Å². The van der Waals surface area contributed by atoms with Gasteiger partial charge in [-0.3, -0.25) is 4.99 Å². The Balaban J connectivity index is 2.02. The van der Waals surface area contributed by atoms with Crippen molar-refractivity contribution in [2.45, 2.75) is 36.4 Å². The molecule has 2 aliphatic rings. The van der Waals surface area contributed by atoms with Crippen molar-refractivity contribution in [1.82, 2.24) is 4.90 Å². The quantitative estimate of drug-likeness (QED) is 0.745. The van der Waals surface area contributed by atoms with Crippen molar-refractivity contribution >= 4 is 16.9 Å². The molecule has 0 bridgehead atoms. The van der Waals surface area contributed by atoms with Crippen LogP contribution in [-0.2, 0) is 9.47 Å². The van der Waals surface area contributed by atoms with E-state index in [1.807, 2.05) is 0 Å². The van der Waals surface area contributed by atoms with Gasteiger partial charge in [0, 0.05) is 14.1 Å². The summed E-state index contributed by atoms with van der Waals surface area (Å²) in [6.45, 7) is -3.41. The molecule has 2 N–H and O–H groups in total. The minimum absolute atomic E-state index is 0.475. The highest BCUT2D eigenvalue weighted by atomic mass is 32.2. The Kier molecular flexibility index (Phi) is 4.62. The molecule has 0 aromatic heterocycles. The number of hydrogen-bond acceptors (Lipinski definition) is 7. The minimum atomic E-state index is -2.93. The molecule has 5 atom stereocenters. The van der Waals surface area contributed by atoms with Crippen LogP contribution in [0, 0.1) is 0 Å². The third kappa shape index (κ3) is 3.16. The number of rotatable bonds is 3. The first-order valence-electron chi connectivity index (χ1n) is 5.73. The van der Waals surface area contributed by atoms with Gasteiger partial charge in [-0.25, -0.2) is 0 Å². The first-order valence-corrected chi connectivity index (χ1v) is 6.61. The van der Waals surface area contributed by atoms with Crippen LogP contribution in [0.1, 0.15) is 0 Å². The third-order valence-electron chi connectivity index (χ3n) is 2.92. The van der Waals surface area contributed by atoms with Crippen LogP contribution >= 0.6 is 11.8 Å².